The Kier molecular flexibility index (Phi) is 3.59. The summed E-state index contributed by atoms with van der Waals surface area (Å²) in [6, 6.07) is 11.9. The van der Waals surface area contributed by atoms with Crippen LogP contribution in [0.2, 0.25) is 0 Å². The number of aromatic hydroxyl groups is 1. The first kappa shape index (κ1) is 13.9. The average Bonchev–Trinajstić information content (AvgIpc) is 3.16. The van der Waals surface area contributed by atoms with Gasteiger partial charge in [-0.25, -0.2) is 4.98 Å². The van der Waals surface area contributed by atoms with Gasteiger partial charge in [-0.05, 0) is 43.2 Å². The van der Waals surface area contributed by atoms with Crippen molar-refractivity contribution in [1.29, 1.82) is 0 Å². The Bertz CT molecular complexity index is 763. The van der Waals surface area contributed by atoms with Crippen LogP contribution in [0.25, 0.3) is 16.9 Å². The van der Waals surface area contributed by atoms with Gasteiger partial charge in [0.2, 0.25) is 0 Å². The van der Waals surface area contributed by atoms with E-state index in [9.17, 15) is 5.11 Å². The van der Waals surface area contributed by atoms with Gasteiger partial charge < -0.3 is 14.8 Å². The summed E-state index contributed by atoms with van der Waals surface area (Å²) < 4.78 is 2.01. The predicted octanol–water partition coefficient (Wildman–Crippen LogP) is 3.86. The minimum absolute atomic E-state index is 0. The number of hydrogen-bond donors (Lipinski definition) is 2. The second-order valence-corrected chi connectivity index (χ2v) is 5.27. The summed E-state index contributed by atoms with van der Waals surface area (Å²) in [5.74, 6) is 0.272. The van der Waals surface area contributed by atoms with Gasteiger partial charge in [-0.15, -0.1) is 17.0 Å². The van der Waals surface area contributed by atoms with E-state index in [4.69, 9.17) is 0 Å². The summed E-state index contributed by atoms with van der Waals surface area (Å²) in [5, 5.41) is 12.8. The van der Waals surface area contributed by atoms with E-state index in [1.54, 1.807) is 12.1 Å². The van der Waals surface area contributed by atoms with E-state index in [-0.39, 0.29) is 22.7 Å². The zero-order valence-electron chi connectivity index (χ0n) is 11.4. The first-order valence-corrected chi connectivity index (χ1v) is 6.83. The van der Waals surface area contributed by atoms with Crippen LogP contribution in [-0.4, -0.2) is 20.5 Å². The standard InChI is InChI=1S/C16H15N3O.BrH/c20-14-5-1-11(2-6-14)15-10-19-8-7-13(9-16(19)18-15)17-12-3-4-12;/h1-2,5-10,12,17,20H,3-4H2;1H. The SMILES string of the molecule is Br.Oc1ccc(-c2cn3ccc(NC4CC4)cc3n2)cc1. The fraction of sp³-hybridized carbons (Fsp3) is 0.188. The molecule has 0 saturated heterocycles. The Morgan fingerprint density at radius 2 is 1.90 bits per heavy atom. The molecule has 0 bridgehead atoms. The quantitative estimate of drug-likeness (QED) is 0.757. The van der Waals surface area contributed by atoms with Crippen LogP contribution in [0.4, 0.5) is 5.69 Å². The van der Waals surface area contributed by atoms with Crippen molar-refractivity contribution in [2.75, 3.05) is 5.32 Å². The van der Waals surface area contributed by atoms with E-state index >= 15 is 0 Å². The van der Waals surface area contributed by atoms with Gasteiger partial charge in [0.15, 0.2) is 0 Å². The first-order valence-electron chi connectivity index (χ1n) is 6.83. The number of halogens is 1. The minimum Gasteiger partial charge on any atom is -0.508 e. The number of nitrogens with zero attached hydrogens (tertiary/aromatic N) is 2. The van der Waals surface area contributed by atoms with E-state index in [2.05, 4.69) is 22.4 Å². The molecule has 5 heteroatoms. The van der Waals surface area contributed by atoms with E-state index < -0.39 is 0 Å². The molecule has 0 spiro atoms. The Morgan fingerprint density at radius 3 is 2.62 bits per heavy atom. The van der Waals surface area contributed by atoms with Gasteiger partial charge in [-0.2, -0.15) is 0 Å². The lowest BCUT2D eigenvalue weighted by Crippen LogP contribution is -2.00. The molecule has 1 aromatic carbocycles. The summed E-state index contributed by atoms with van der Waals surface area (Å²) >= 11 is 0. The molecule has 1 fully saturated rings. The molecular formula is C16H16BrN3O. The molecule has 21 heavy (non-hydrogen) atoms. The van der Waals surface area contributed by atoms with Crippen molar-refractivity contribution in [2.24, 2.45) is 0 Å². The highest BCUT2D eigenvalue weighted by atomic mass is 79.9. The largest absolute Gasteiger partial charge is 0.508 e. The summed E-state index contributed by atoms with van der Waals surface area (Å²) in [4.78, 5) is 4.64. The predicted molar refractivity (Wildman–Crippen MR) is 89.3 cm³/mol. The van der Waals surface area contributed by atoms with Crippen molar-refractivity contribution in [1.82, 2.24) is 9.38 Å². The maximum atomic E-state index is 9.34. The topological polar surface area (TPSA) is 49.6 Å². The third-order valence-corrected chi connectivity index (χ3v) is 3.57. The molecule has 4 rings (SSSR count). The molecule has 2 heterocycles. The van der Waals surface area contributed by atoms with Gasteiger partial charge in [0.1, 0.15) is 11.4 Å². The highest BCUT2D eigenvalue weighted by Gasteiger charge is 2.20. The molecule has 0 unspecified atom stereocenters. The number of aromatic nitrogens is 2. The third-order valence-electron chi connectivity index (χ3n) is 3.57. The Morgan fingerprint density at radius 1 is 1.14 bits per heavy atom. The number of anilines is 1. The monoisotopic (exact) mass is 345 g/mol. The maximum absolute atomic E-state index is 9.34. The molecule has 0 amide bonds. The number of rotatable bonds is 3. The van der Waals surface area contributed by atoms with Crippen molar-refractivity contribution in [2.45, 2.75) is 18.9 Å². The number of fused-ring (bicyclic) bond motifs is 1. The van der Waals surface area contributed by atoms with Crippen LogP contribution in [0.1, 0.15) is 12.8 Å². The number of pyridine rings is 1. The average molecular weight is 346 g/mol. The highest BCUT2D eigenvalue weighted by Crippen LogP contribution is 2.26. The fourth-order valence-corrected chi connectivity index (χ4v) is 2.31. The second kappa shape index (κ2) is 5.41. The van der Waals surface area contributed by atoms with Gasteiger partial charge in [-0.3, -0.25) is 0 Å². The fourth-order valence-electron chi connectivity index (χ4n) is 2.31. The maximum Gasteiger partial charge on any atom is 0.139 e. The summed E-state index contributed by atoms with van der Waals surface area (Å²) in [5.41, 5.74) is 3.97. The van der Waals surface area contributed by atoms with Gasteiger partial charge in [0.25, 0.3) is 0 Å². The summed E-state index contributed by atoms with van der Waals surface area (Å²) in [6.07, 6.45) is 6.55. The van der Waals surface area contributed by atoms with E-state index in [0.29, 0.717) is 6.04 Å². The summed E-state index contributed by atoms with van der Waals surface area (Å²) in [6.45, 7) is 0. The number of nitrogens with one attached hydrogen (secondary N) is 1. The molecule has 0 atom stereocenters. The van der Waals surface area contributed by atoms with Crippen molar-refractivity contribution in [3.63, 3.8) is 0 Å². The second-order valence-electron chi connectivity index (χ2n) is 5.27. The third kappa shape index (κ3) is 2.88. The molecule has 1 aliphatic rings. The van der Waals surface area contributed by atoms with Gasteiger partial charge >= 0.3 is 0 Å². The number of benzene rings is 1. The molecule has 1 saturated carbocycles. The van der Waals surface area contributed by atoms with Crippen LogP contribution in [0, 0.1) is 0 Å². The lowest BCUT2D eigenvalue weighted by atomic mass is 10.2. The number of imidazole rings is 1. The summed E-state index contributed by atoms with van der Waals surface area (Å²) in [7, 11) is 0. The van der Waals surface area contributed by atoms with Crippen molar-refractivity contribution in [3.8, 4) is 17.0 Å². The van der Waals surface area contributed by atoms with Crippen molar-refractivity contribution in [3.05, 3.63) is 48.8 Å². The van der Waals surface area contributed by atoms with E-state index in [0.717, 1.165) is 22.6 Å². The Balaban J connectivity index is 0.00000132. The van der Waals surface area contributed by atoms with Gasteiger partial charge in [-0.1, -0.05) is 0 Å². The van der Waals surface area contributed by atoms with E-state index in [1.807, 2.05) is 28.9 Å². The zero-order chi connectivity index (χ0) is 13.5. The molecule has 3 aromatic rings. The van der Waals surface area contributed by atoms with E-state index in [1.165, 1.54) is 12.8 Å². The van der Waals surface area contributed by atoms with Crippen LogP contribution < -0.4 is 5.32 Å². The molecule has 0 radical (unpaired) electrons. The van der Waals surface area contributed by atoms with Crippen LogP contribution >= 0.6 is 17.0 Å². The first-order chi connectivity index (χ1) is 9.78. The molecule has 0 aliphatic heterocycles. The smallest absolute Gasteiger partial charge is 0.139 e. The lowest BCUT2D eigenvalue weighted by molar-refractivity contribution is 0.475. The molecule has 2 aromatic heterocycles. The Labute approximate surface area is 133 Å². The molecule has 108 valence electrons. The molecule has 4 nitrogen and oxygen atoms in total. The number of phenolic OH excluding ortho intramolecular Hbond substituents is 1. The zero-order valence-corrected chi connectivity index (χ0v) is 13.1. The normalized spacial score (nSPS) is 13.9. The van der Waals surface area contributed by atoms with Crippen LogP contribution in [0.3, 0.4) is 0 Å². The molecule has 2 N–H and O–H groups in total. The van der Waals surface area contributed by atoms with Crippen molar-refractivity contribution < 1.29 is 5.11 Å². The lowest BCUT2D eigenvalue weighted by Gasteiger charge is -2.03. The Hall–Kier alpha value is -2.01. The van der Waals surface area contributed by atoms with Crippen LogP contribution in [0.15, 0.2) is 48.8 Å². The highest BCUT2D eigenvalue weighted by molar-refractivity contribution is 8.93. The molecule has 1 aliphatic carbocycles. The van der Waals surface area contributed by atoms with Crippen LogP contribution in [0.5, 0.6) is 5.75 Å². The van der Waals surface area contributed by atoms with Gasteiger partial charge in [0.05, 0.1) is 5.69 Å². The van der Waals surface area contributed by atoms with Gasteiger partial charge in [0, 0.05) is 35.8 Å². The number of phenols is 1. The van der Waals surface area contributed by atoms with Crippen molar-refractivity contribution >= 4 is 28.3 Å². The number of hydrogen-bond acceptors (Lipinski definition) is 3. The minimum atomic E-state index is 0. The van der Waals surface area contributed by atoms with Crippen LogP contribution in [-0.2, 0) is 0 Å². The molecular weight excluding hydrogens is 330 g/mol.